The van der Waals surface area contributed by atoms with Crippen LogP contribution < -0.4 is 19.6 Å². The minimum Gasteiger partial charge on any atom is -0.396 e. The highest BCUT2D eigenvalue weighted by molar-refractivity contribution is 5.95. The van der Waals surface area contributed by atoms with Crippen molar-refractivity contribution in [1.82, 2.24) is 19.9 Å². The van der Waals surface area contributed by atoms with Crippen molar-refractivity contribution in [3.05, 3.63) is 0 Å². The lowest BCUT2D eigenvalue weighted by atomic mass is 10.1. The largest absolute Gasteiger partial charge is 0.396 e. The van der Waals surface area contributed by atoms with E-state index in [0.29, 0.717) is 55.5 Å². The normalized spacial score (nSPS) is 16.4. The molecule has 0 spiro atoms. The summed E-state index contributed by atoms with van der Waals surface area (Å²) in [6, 6.07) is 0. The van der Waals surface area contributed by atoms with Gasteiger partial charge in [-0.05, 0) is 44.9 Å². The molecule has 0 bridgehead atoms. The Labute approximate surface area is 218 Å². The molecule has 2 aromatic heterocycles. The van der Waals surface area contributed by atoms with E-state index in [1.807, 2.05) is 4.90 Å². The maximum absolute atomic E-state index is 9.74. The molecule has 206 valence electrons. The van der Waals surface area contributed by atoms with Gasteiger partial charge in [-0.1, -0.05) is 0 Å². The van der Waals surface area contributed by atoms with E-state index in [1.54, 1.807) is 4.90 Å². The summed E-state index contributed by atoms with van der Waals surface area (Å²) in [6.45, 7) is 4.86. The molecule has 0 amide bonds. The zero-order valence-corrected chi connectivity index (χ0v) is 21.8. The third-order valence-corrected chi connectivity index (χ3v) is 7.06. The monoisotopic (exact) mass is 518 g/mol. The summed E-state index contributed by atoms with van der Waals surface area (Å²) in [5.41, 5.74) is 1.35. The van der Waals surface area contributed by atoms with Crippen LogP contribution in [0.4, 0.5) is 23.5 Å². The van der Waals surface area contributed by atoms with Crippen molar-refractivity contribution in [2.45, 2.75) is 44.9 Å². The molecule has 4 heterocycles. The molecule has 2 aliphatic rings. The van der Waals surface area contributed by atoms with Gasteiger partial charge in [-0.2, -0.15) is 9.97 Å². The number of piperidine rings is 2. The average Bonchev–Trinajstić information content (AvgIpc) is 2.95. The van der Waals surface area contributed by atoms with Crippen LogP contribution in [0.15, 0.2) is 0 Å². The highest BCUT2D eigenvalue weighted by Crippen LogP contribution is 2.34. The van der Waals surface area contributed by atoms with Gasteiger partial charge in [0, 0.05) is 59.0 Å². The Kier molecular flexibility index (Phi) is 10.3. The van der Waals surface area contributed by atoms with Crippen molar-refractivity contribution in [2.75, 3.05) is 98.4 Å². The molecule has 2 aliphatic heterocycles. The molecule has 0 aliphatic carbocycles. The lowest BCUT2D eigenvalue weighted by Gasteiger charge is -2.33. The number of fused-ring (bicyclic) bond motifs is 1. The molecule has 0 radical (unpaired) electrons. The third kappa shape index (κ3) is 6.67. The first-order valence-corrected chi connectivity index (χ1v) is 13.7. The standard InChI is InChI=1S/C25H42N8O4/c34-16-7-12-32(13-17-35)24-26-20-21(22(28-24)30-8-3-1-4-9-30)27-25(33(14-18-36)15-19-37)29-23(20)31-10-5-2-6-11-31/h34-37H,1-19H2. The maximum atomic E-state index is 9.74. The number of rotatable bonds is 13. The van der Waals surface area contributed by atoms with E-state index in [0.717, 1.165) is 63.5 Å². The van der Waals surface area contributed by atoms with Gasteiger partial charge in [0.1, 0.15) is 11.0 Å². The Balaban J connectivity index is 1.93. The molecule has 0 unspecified atom stereocenters. The van der Waals surface area contributed by atoms with E-state index in [-0.39, 0.29) is 26.4 Å². The van der Waals surface area contributed by atoms with Gasteiger partial charge in [0.05, 0.1) is 19.8 Å². The van der Waals surface area contributed by atoms with Gasteiger partial charge in [-0.15, -0.1) is 0 Å². The Morgan fingerprint density at radius 3 is 1.30 bits per heavy atom. The predicted molar refractivity (Wildman–Crippen MR) is 145 cm³/mol. The van der Waals surface area contributed by atoms with Gasteiger partial charge in [0.2, 0.25) is 11.9 Å². The van der Waals surface area contributed by atoms with Crippen molar-refractivity contribution in [3.63, 3.8) is 0 Å². The minimum absolute atomic E-state index is 0.0441. The van der Waals surface area contributed by atoms with Crippen LogP contribution in [0.2, 0.25) is 0 Å². The molecule has 2 saturated heterocycles. The van der Waals surface area contributed by atoms with Gasteiger partial charge in [-0.3, -0.25) is 0 Å². The van der Waals surface area contributed by atoms with E-state index >= 15 is 0 Å². The first-order valence-electron chi connectivity index (χ1n) is 13.7. The Hall–Kier alpha value is -2.54. The van der Waals surface area contributed by atoms with Crippen LogP contribution in [0, 0.1) is 0 Å². The van der Waals surface area contributed by atoms with Gasteiger partial charge in [0.15, 0.2) is 11.6 Å². The van der Waals surface area contributed by atoms with Gasteiger partial charge in [0.25, 0.3) is 0 Å². The second kappa shape index (κ2) is 13.8. The van der Waals surface area contributed by atoms with E-state index < -0.39 is 0 Å². The second-order valence-corrected chi connectivity index (χ2v) is 9.71. The quantitative estimate of drug-likeness (QED) is 0.291. The molecule has 4 rings (SSSR count). The zero-order chi connectivity index (χ0) is 26.0. The molecular weight excluding hydrogens is 476 g/mol. The number of aliphatic hydroxyl groups is 4. The summed E-state index contributed by atoms with van der Waals surface area (Å²) in [5, 5.41) is 38.5. The molecule has 12 heteroatoms. The van der Waals surface area contributed by atoms with Crippen molar-refractivity contribution < 1.29 is 20.4 Å². The van der Waals surface area contributed by atoms with Crippen molar-refractivity contribution in [3.8, 4) is 0 Å². The fourth-order valence-corrected chi connectivity index (χ4v) is 5.15. The molecule has 4 N–H and O–H groups in total. The molecule has 2 aromatic rings. The molecule has 2 fully saturated rings. The number of nitrogens with zero attached hydrogens (tertiary/aromatic N) is 8. The molecule has 37 heavy (non-hydrogen) atoms. The van der Waals surface area contributed by atoms with Crippen LogP contribution in [0.5, 0.6) is 0 Å². The maximum Gasteiger partial charge on any atom is 0.228 e. The number of hydrogen-bond donors (Lipinski definition) is 4. The first-order chi connectivity index (χ1) is 18.2. The second-order valence-electron chi connectivity index (χ2n) is 9.71. The summed E-state index contributed by atoms with van der Waals surface area (Å²) >= 11 is 0. The highest BCUT2D eigenvalue weighted by atomic mass is 16.3. The zero-order valence-electron chi connectivity index (χ0n) is 21.8. The Bertz CT molecular complexity index is 979. The summed E-state index contributed by atoms with van der Waals surface area (Å²) in [7, 11) is 0. The van der Waals surface area contributed by atoms with E-state index in [4.69, 9.17) is 19.9 Å². The van der Waals surface area contributed by atoms with Gasteiger partial charge >= 0.3 is 0 Å². The number of aliphatic hydroxyl groups excluding tert-OH is 4. The van der Waals surface area contributed by atoms with Crippen LogP contribution in [0.3, 0.4) is 0 Å². The molecule has 12 nitrogen and oxygen atoms in total. The first kappa shape index (κ1) is 27.5. The van der Waals surface area contributed by atoms with Crippen molar-refractivity contribution >= 4 is 34.6 Å². The fourth-order valence-electron chi connectivity index (χ4n) is 5.15. The summed E-state index contributed by atoms with van der Waals surface area (Å²) in [5.74, 6) is 2.46. The molecular formula is C25H42N8O4. The molecule has 0 aromatic carbocycles. The van der Waals surface area contributed by atoms with E-state index in [1.165, 1.54) is 12.8 Å². The average molecular weight is 519 g/mol. The lowest BCUT2D eigenvalue weighted by molar-refractivity contribution is 0.280. The van der Waals surface area contributed by atoms with Gasteiger partial charge in [-0.25, -0.2) is 9.97 Å². The summed E-state index contributed by atoms with van der Waals surface area (Å²) in [6.07, 6.45) is 7.20. The number of hydrogen-bond acceptors (Lipinski definition) is 12. The molecule has 0 atom stereocenters. The summed E-state index contributed by atoms with van der Waals surface area (Å²) in [4.78, 5) is 28.1. The number of aromatic nitrogens is 4. The lowest BCUT2D eigenvalue weighted by Crippen LogP contribution is -2.36. The van der Waals surface area contributed by atoms with E-state index in [9.17, 15) is 20.4 Å². The summed E-state index contributed by atoms with van der Waals surface area (Å²) < 4.78 is 0. The van der Waals surface area contributed by atoms with E-state index in [2.05, 4.69) is 9.80 Å². The number of anilines is 4. The van der Waals surface area contributed by atoms with Gasteiger partial charge < -0.3 is 40.0 Å². The SMILES string of the molecule is OCCCN(CCO)c1nc(N2CCCCC2)c2nc(N(CCO)CCO)nc(N3CCCCC3)c2n1. The third-order valence-electron chi connectivity index (χ3n) is 7.06. The highest BCUT2D eigenvalue weighted by Gasteiger charge is 2.27. The van der Waals surface area contributed by atoms with Crippen LogP contribution >= 0.6 is 0 Å². The predicted octanol–water partition coefficient (Wildman–Crippen LogP) is 0.373. The van der Waals surface area contributed by atoms with Crippen molar-refractivity contribution in [2.24, 2.45) is 0 Å². The fraction of sp³-hybridized carbons (Fsp3) is 0.760. The Morgan fingerprint density at radius 1 is 0.514 bits per heavy atom. The van der Waals surface area contributed by atoms with Crippen LogP contribution in [0.25, 0.3) is 11.0 Å². The van der Waals surface area contributed by atoms with Crippen LogP contribution in [0.1, 0.15) is 44.9 Å². The molecule has 0 saturated carbocycles. The smallest absolute Gasteiger partial charge is 0.228 e. The minimum atomic E-state index is -0.0736. The Morgan fingerprint density at radius 2 is 0.919 bits per heavy atom. The van der Waals surface area contributed by atoms with Crippen molar-refractivity contribution in [1.29, 1.82) is 0 Å². The van der Waals surface area contributed by atoms with Crippen LogP contribution in [-0.2, 0) is 0 Å². The van der Waals surface area contributed by atoms with Crippen LogP contribution in [-0.4, -0.2) is 119 Å². The topological polar surface area (TPSA) is 145 Å².